The molecule has 24 heavy (non-hydrogen) atoms. The maximum absolute atomic E-state index is 12.7. The molecule has 0 saturated carbocycles. The van der Waals surface area contributed by atoms with Gasteiger partial charge in [0.05, 0.1) is 4.88 Å². The second-order valence-corrected chi connectivity index (χ2v) is 7.52. The maximum atomic E-state index is 12.7. The number of benzene rings is 1. The van der Waals surface area contributed by atoms with Gasteiger partial charge < -0.3 is 5.32 Å². The monoisotopic (exact) mass is 422 g/mol. The topological polar surface area (TPSA) is 62.7 Å². The van der Waals surface area contributed by atoms with E-state index in [0.717, 1.165) is 20.6 Å². The van der Waals surface area contributed by atoms with Crippen LogP contribution in [0.4, 0.5) is 5.69 Å². The molecule has 0 bridgehead atoms. The number of thiophene rings is 1. The van der Waals surface area contributed by atoms with Crippen molar-refractivity contribution in [1.82, 2.24) is 14.8 Å². The van der Waals surface area contributed by atoms with Gasteiger partial charge in [0, 0.05) is 10.2 Å². The summed E-state index contributed by atoms with van der Waals surface area (Å²) in [6.45, 7) is 3.79. The lowest BCUT2D eigenvalue weighted by Gasteiger charge is -2.15. The molecule has 0 saturated heterocycles. The second kappa shape index (κ2) is 7.00. The molecule has 5 nitrogen and oxygen atoms in total. The molecule has 0 aliphatic heterocycles. The third kappa shape index (κ3) is 3.35. The van der Waals surface area contributed by atoms with Crippen LogP contribution < -0.4 is 5.32 Å². The minimum Gasteiger partial charge on any atom is -0.324 e. The first-order chi connectivity index (χ1) is 11.5. The van der Waals surface area contributed by atoms with Gasteiger partial charge in [-0.3, -0.25) is 14.5 Å². The lowest BCUT2D eigenvalue weighted by atomic mass is 10.2. The molecular formula is C16H15BrN4OS2. The third-order valence-electron chi connectivity index (χ3n) is 3.64. The van der Waals surface area contributed by atoms with Crippen LogP contribution >= 0.6 is 39.5 Å². The Balaban J connectivity index is 1.88. The number of aromatic nitrogens is 3. The van der Waals surface area contributed by atoms with Gasteiger partial charge in [-0.25, -0.2) is 0 Å². The summed E-state index contributed by atoms with van der Waals surface area (Å²) in [6, 6.07) is 9.10. The molecule has 0 aliphatic rings. The van der Waals surface area contributed by atoms with Crippen LogP contribution in [0.25, 0.3) is 10.7 Å². The van der Waals surface area contributed by atoms with E-state index in [1.807, 2.05) is 49.6 Å². The van der Waals surface area contributed by atoms with E-state index in [9.17, 15) is 4.79 Å². The van der Waals surface area contributed by atoms with Crippen LogP contribution in [0.15, 0.2) is 40.2 Å². The summed E-state index contributed by atoms with van der Waals surface area (Å²) >= 11 is 10.3. The zero-order valence-corrected chi connectivity index (χ0v) is 16.3. The minimum absolute atomic E-state index is 0.146. The van der Waals surface area contributed by atoms with Gasteiger partial charge in [0.2, 0.25) is 5.91 Å². The number of nitrogens with one attached hydrogen (secondary N) is 2. The first-order valence-electron chi connectivity index (χ1n) is 7.25. The number of carbonyl (C=O) groups excluding carboxylic acids is 1. The van der Waals surface area contributed by atoms with Crippen molar-refractivity contribution in [1.29, 1.82) is 0 Å². The third-order valence-corrected chi connectivity index (χ3v) is 5.68. The summed E-state index contributed by atoms with van der Waals surface area (Å²) in [7, 11) is 0. The average Bonchev–Trinajstić information content (AvgIpc) is 3.19. The normalized spacial score (nSPS) is 12.1. The highest BCUT2D eigenvalue weighted by molar-refractivity contribution is 9.10. The van der Waals surface area contributed by atoms with Crippen molar-refractivity contribution >= 4 is 51.1 Å². The molecule has 0 radical (unpaired) electrons. The van der Waals surface area contributed by atoms with E-state index in [1.165, 1.54) is 0 Å². The summed E-state index contributed by atoms with van der Waals surface area (Å²) in [4.78, 5) is 13.6. The molecule has 3 rings (SSSR count). The quantitative estimate of drug-likeness (QED) is 0.585. The number of anilines is 1. The van der Waals surface area contributed by atoms with E-state index in [0.29, 0.717) is 10.6 Å². The molecule has 1 atom stereocenters. The highest BCUT2D eigenvalue weighted by Gasteiger charge is 2.21. The number of carbonyl (C=O) groups is 1. The first kappa shape index (κ1) is 17.1. The standard InChI is InChI=1S/C16H15BrN4OS2/c1-9-8-11(5-6-12(9)17)18-15(22)10(2)21-14(19-20-16(21)23)13-4-3-7-24-13/h3-8,10H,1-2H3,(H,18,22)(H,20,23)/t10-/m0/s1. The summed E-state index contributed by atoms with van der Waals surface area (Å²) < 4.78 is 3.17. The Morgan fingerprint density at radius 1 is 1.46 bits per heavy atom. The Bertz CT molecular complexity index is 930. The second-order valence-electron chi connectivity index (χ2n) is 5.33. The van der Waals surface area contributed by atoms with Crippen molar-refractivity contribution < 1.29 is 4.79 Å². The Morgan fingerprint density at radius 2 is 2.25 bits per heavy atom. The zero-order valence-electron chi connectivity index (χ0n) is 13.0. The maximum Gasteiger partial charge on any atom is 0.247 e. The SMILES string of the molecule is Cc1cc(NC(=O)[C@H](C)n2c(-c3cccs3)n[nH]c2=S)ccc1Br. The highest BCUT2D eigenvalue weighted by Crippen LogP contribution is 2.26. The van der Waals surface area contributed by atoms with Gasteiger partial charge in [-0.1, -0.05) is 22.0 Å². The van der Waals surface area contributed by atoms with Gasteiger partial charge in [-0.2, -0.15) is 5.10 Å². The smallest absolute Gasteiger partial charge is 0.247 e. The molecule has 0 spiro atoms. The Kier molecular flexibility index (Phi) is 4.98. The molecule has 2 N–H and O–H groups in total. The summed E-state index contributed by atoms with van der Waals surface area (Å²) in [6.07, 6.45) is 0. The van der Waals surface area contributed by atoms with Crippen molar-refractivity contribution in [2.75, 3.05) is 5.32 Å². The molecule has 2 heterocycles. The number of hydrogen-bond acceptors (Lipinski definition) is 4. The Labute approximate surface area is 156 Å². The van der Waals surface area contributed by atoms with Crippen LogP contribution in [0.3, 0.4) is 0 Å². The number of rotatable bonds is 4. The molecule has 8 heteroatoms. The van der Waals surface area contributed by atoms with Crippen molar-refractivity contribution in [2.24, 2.45) is 0 Å². The Morgan fingerprint density at radius 3 is 2.92 bits per heavy atom. The van der Waals surface area contributed by atoms with E-state index in [4.69, 9.17) is 12.2 Å². The van der Waals surface area contributed by atoms with Gasteiger partial charge >= 0.3 is 0 Å². The van der Waals surface area contributed by atoms with Crippen molar-refractivity contribution in [3.63, 3.8) is 0 Å². The molecular weight excluding hydrogens is 408 g/mol. The first-order valence-corrected chi connectivity index (χ1v) is 9.33. The molecule has 2 aromatic heterocycles. The van der Waals surface area contributed by atoms with Gasteiger partial charge in [0.1, 0.15) is 6.04 Å². The predicted octanol–water partition coefficient (Wildman–Crippen LogP) is 4.94. The van der Waals surface area contributed by atoms with Crippen LogP contribution in [0.5, 0.6) is 0 Å². The number of nitrogens with zero attached hydrogens (tertiary/aromatic N) is 2. The summed E-state index contributed by atoms with van der Waals surface area (Å²) in [5.41, 5.74) is 1.81. The van der Waals surface area contributed by atoms with Gasteiger partial charge in [0.25, 0.3) is 0 Å². The fraction of sp³-hybridized carbons (Fsp3) is 0.188. The zero-order chi connectivity index (χ0) is 17.3. The fourth-order valence-corrected chi connectivity index (χ4v) is 3.58. The lowest BCUT2D eigenvalue weighted by Crippen LogP contribution is -2.24. The molecule has 0 fully saturated rings. The summed E-state index contributed by atoms with van der Waals surface area (Å²) in [5.74, 6) is 0.525. The number of hydrogen-bond donors (Lipinski definition) is 2. The molecule has 0 unspecified atom stereocenters. The van der Waals surface area contributed by atoms with E-state index >= 15 is 0 Å². The van der Waals surface area contributed by atoms with E-state index in [2.05, 4.69) is 31.4 Å². The fourth-order valence-electron chi connectivity index (χ4n) is 2.33. The Hall–Kier alpha value is -1.77. The van der Waals surface area contributed by atoms with Gasteiger partial charge in [-0.05, 0) is 61.3 Å². The predicted molar refractivity (Wildman–Crippen MR) is 103 cm³/mol. The number of aryl methyl sites for hydroxylation is 1. The van der Waals surface area contributed by atoms with Crippen LogP contribution in [0.1, 0.15) is 18.5 Å². The summed E-state index contributed by atoms with van der Waals surface area (Å²) in [5, 5.41) is 11.9. The number of amides is 1. The highest BCUT2D eigenvalue weighted by atomic mass is 79.9. The number of halogens is 1. The van der Waals surface area contributed by atoms with E-state index < -0.39 is 6.04 Å². The van der Waals surface area contributed by atoms with Crippen LogP contribution in [0, 0.1) is 11.7 Å². The van der Waals surface area contributed by atoms with Gasteiger partial charge in [-0.15, -0.1) is 11.3 Å². The van der Waals surface area contributed by atoms with Crippen molar-refractivity contribution in [3.05, 3.63) is 50.5 Å². The largest absolute Gasteiger partial charge is 0.324 e. The van der Waals surface area contributed by atoms with Crippen molar-refractivity contribution in [3.8, 4) is 10.7 Å². The molecule has 1 aromatic carbocycles. The molecule has 124 valence electrons. The van der Waals surface area contributed by atoms with Crippen LogP contribution in [-0.4, -0.2) is 20.7 Å². The minimum atomic E-state index is -0.489. The number of H-pyrrole nitrogens is 1. The number of aromatic amines is 1. The molecule has 1 amide bonds. The molecule has 3 aromatic rings. The van der Waals surface area contributed by atoms with E-state index in [1.54, 1.807) is 15.9 Å². The van der Waals surface area contributed by atoms with Gasteiger partial charge in [0.15, 0.2) is 10.6 Å². The van der Waals surface area contributed by atoms with E-state index in [-0.39, 0.29) is 5.91 Å². The molecule has 0 aliphatic carbocycles. The van der Waals surface area contributed by atoms with Crippen LogP contribution in [-0.2, 0) is 4.79 Å². The average molecular weight is 423 g/mol. The van der Waals surface area contributed by atoms with Crippen LogP contribution in [0.2, 0.25) is 0 Å². The lowest BCUT2D eigenvalue weighted by molar-refractivity contribution is -0.118. The van der Waals surface area contributed by atoms with Crippen molar-refractivity contribution in [2.45, 2.75) is 19.9 Å².